The molecule has 1 fully saturated rings. The predicted molar refractivity (Wildman–Crippen MR) is 86.1 cm³/mol. The van der Waals surface area contributed by atoms with Crippen LogP contribution in [0.1, 0.15) is 41.6 Å². The van der Waals surface area contributed by atoms with E-state index in [1.807, 2.05) is 6.26 Å². The van der Waals surface area contributed by atoms with Crippen LogP contribution in [-0.4, -0.2) is 35.6 Å². The highest BCUT2D eigenvalue weighted by atomic mass is 32.2. The lowest BCUT2D eigenvalue weighted by Crippen LogP contribution is -2.45. The maximum Gasteiger partial charge on any atom is 0.254 e. The van der Waals surface area contributed by atoms with Crippen molar-refractivity contribution in [3.05, 3.63) is 35.1 Å². The van der Waals surface area contributed by atoms with Crippen LogP contribution in [0.2, 0.25) is 0 Å². The van der Waals surface area contributed by atoms with E-state index in [0.29, 0.717) is 23.4 Å². The Balaban J connectivity index is 2.21. The lowest BCUT2D eigenvalue weighted by Gasteiger charge is -2.35. The van der Waals surface area contributed by atoms with E-state index in [1.165, 1.54) is 23.9 Å². The number of halogens is 1. The van der Waals surface area contributed by atoms with Crippen molar-refractivity contribution in [3.63, 3.8) is 0 Å². The number of nitrogens with two attached hydrogens (primary N) is 1. The molecule has 2 rings (SSSR count). The number of amides is 2. The summed E-state index contributed by atoms with van der Waals surface area (Å²) >= 11 is 1.51. The van der Waals surface area contributed by atoms with Gasteiger partial charge in [0.05, 0.1) is 0 Å². The van der Waals surface area contributed by atoms with Crippen LogP contribution in [0.4, 0.5) is 4.39 Å². The summed E-state index contributed by atoms with van der Waals surface area (Å²) in [6, 6.07) is 4.32. The van der Waals surface area contributed by atoms with E-state index in [9.17, 15) is 14.0 Å². The molecule has 1 saturated heterocycles. The van der Waals surface area contributed by atoms with Crippen molar-refractivity contribution in [1.29, 1.82) is 0 Å². The second-order valence-corrected chi connectivity index (χ2v) is 6.42. The minimum atomic E-state index is -0.396. The Morgan fingerprint density at radius 2 is 2.18 bits per heavy atom. The number of likely N-dealkylation sites (tertiary alicyclic amines) is 1. The van der Waals surface area contributed by atoms with Gasteiger partial charge in [0.15, 0.2) is 0 Å². The second-order valence-electron chi connectivity index (χ2n) is 5.56. The van der Waals surface area contributed by atoms with E-state index in [0.717, 1.165) is 19.3 Å². The van der Waals surface area contributed by atoms with Gasteiger partial charge in [-0.1, -0.05) is 0 Å². The minimum Gasteiger partial charge on any atom is -0.370 e. The van der Waals surface area contributed by atoms with Crippen molar-refractivity contribution in [2.24, 2.45) is 5.73 Å². The molecule has 1 atom stereocenters. The molecule has 0 saturated carbocycles. The fraction of sp³-hybridized carbons (Fsp3) is 0.500. The highest BCUT2D eigenvalue weighted by Gasteiger charge is 2.28. The number of carbonyl (C=O) groups excluding carboxylic acids is 2. The Morgan fingerprint density at radius 1 is 1.41 bits per heavy atom. The highest BCUT2D eigenvalue weighted by molar-refractivity contribution is 7.97. The second kappa shape index (κ2) is 7.63. The van der Waals surface area contributed by atoms with Crippen LogP contribution in [0.25, 0.3) is 0 Å². The number of rotatable bonds is 5. The van der Waals surface area contributed by atoms with Crippen LogP contribution in [-0.2, 0) is 10.5 Å². The van der Waals surface area contributed by atoms with E-state index in [4.69, 9.17) is 5.73 Å². The van der Waals surface area contributed by atoms with E-state index in [1.54, 1.807) is 11.0 Å². The van der Waals surface area contributed by atoms with E-state index >= 15 is 0 Å². The van der Waals surface area contributed by atoms with Gasteiger partial charge in [-0.3, -0.25) is 9.59 Å². The van der Waals surface area contributed by atoms with Gasteiger partial charge in [-0.05, 0) is 49.3 Å². The van der Waals surface area contributed by atoms with Crippen LogP contribution in [0, 0.1) is 5.82 Å². The fourth-order valence-electron chi connectivity index (χ4n) is 2.85. The third kappa shape index (κ3) is 4.00. The molecule has 0 spiro atoms. The van der Waals surface area contributed by atoms with Crippen LogP contribution in [0.5, 0.6) is 0 Å². The number of piperidine rings is 1. The van der Waals surface area contributed by atoms with Gasteiger partial charge in [0.2, 0.25) is 5.91 Å². The summed E-state index contributed by atoms with van der Waals surface area (Å²) in [5.41, 5.74) is 6.28. The first kappa shape index (κ1) is 16.8. The van der Waals surface area contributed by atoms with Gasteiger partial charge in [0.25, 0.3) is 5.91 Å². The number of primary amides is 1. The molecule has 0 aliphatic carbocycles. The van der Waals surface area contributed by atoms with Crippen molar-refractivity contribution < 1.29 is 14.0 Å². The first-order chi connectivity index (χ1) is 10.5. The molecule has 1 aliphatic heterocycles. The number of hydrogen-bond donors (Lipinski definition) is 1. The molecule has 6 heteroatoms. The molecule has 1 aliphatic rings. The molecule has 2 amide bonds. The average molecular weight is 324 g/mol. The molecule has 2 N–H and O–H groups in total. The van der Waals surface area contributed by atoms with Crippen molar-refractivity contribution in [2.45, 2.75) is 37.5 Å². The van der Waals surface area contributed by atoms with Crippen LogP contribution in [0.3, 0.4) is 0 Å². The first-order valence-corrected chi connectivity index (χ1v) is 8.79. The summed E-state index contributed by atoms with van der Waals surface area (Å²) in [7, 11) is 0. The van der Waals surface area contributed by atoms with Gasteiger partial charge in [-0.2, -0.15) is 11.8 Å². The van der Waals surface area contributed by atoms with Gasteiger partial charge in [-0.15, -0.1) is 0 Å². The van der Waals surface area contributed by atoms with Crippen molar-refractivity contribution in [2.75, 3.05) is 12.8 Å². The monoisotopic (exact) mass is 324 g/mol. The van der Waals surface area contributed by atoms with Crippen LogP contribution >= 0.6 is 11.8 Å². The van der Waals surface area contributed by atoms with Gasteiger partial charge in [0.1, 0.15) is 5.82 Å². The third-order valence-corrected chi connectivity index (χ3v) is 4.52. The maximum absolute atomic E-state index is 13.7. The number of nitrogens with zero attached hydrogens (tertiary/aromatic N) is 1. The summed E-state index contributed by atoms with van der Waals surface area (Å²) < 4.78 is 13.7. The fourth-order valence-corrected chi connectivity index (χ4v) is 3.38. The lowest BCUT2D eigenvalue weighted by atomic mass is 9.97. The molecule has 1 aromatic carbocycles. The van der Waals surface area contributed by atoms with E-state index in [2.05, 4.69) is 0 Å². The Hall–Kier alpha value is -1.56. The average Bonchev–Trinajstić information content (AvgIpc) is 2.49. The lowest BCUT2D eigenvalue weighted by molar-refractivity contribution is -0.119. The SMILES string of the molecule is CSCc1cc(C(=O)N2CCCC[C@@H]2CC(N)=O)ccc1F. The molecular formula is C16H21FN2O2S. The quantitative estimate of drug-likeness (QED) is 0.905. The topological polar surface area (TPSA) is 63.4 Å². The zero-order valence-corrected chi connectivity index (χ0v) is 13.5. The number of thioether (sulfide) groups is 1. The zero-order chi connectivity index (χ0) is 16.1. The van der Waals surface area contributed by atoms with Gasteiger partial charge >= 0.3 is 0 Å². The number of carbonyl (C=O) groups is 2. The van der Waals surface area contributed by atoms with E-state index in [-0.39, 0.29) is 24.2 Å². The molecule has 120 valence electrons. The summed E-state index contributed by atoms with van der Waals surface area (Å²) in [5, 5.41) is 0. The van der Waals surface area contributed by atoms with Gasteiger partial charge in [0, 0.05) is 30.3 Å². The molecule has 1 heterocycles. The van der Waals surface area contributed by atoms with E-state index < -0.39 is 5.91 Å². The molecule has 0 unspecified atom stereocenters. The molecule has 22 heavy (non-hydrogen) atoms. The molecule has 0 radical (unpaired) electrons. The smallest absolute Gasteiger partial charge is 0.254 e. The Labute approximate surface area is 134 Å². The van der Waals surface area contributed by atoms with Crippen molar-refractivity contribution in [3.8, 4) is 0 Å². The predicted octanol–water partition coefficient (Wildman–Crippen LogP) is 2.56. The third-order valence-electron chi connectivity index (χ3n) is 3.92. The zero-order valence-electron chi connectivity index (χ0n) is 12.7. The molecule has 4 nitrogen and oxygen atoms in total. The first-order valence-electron chi connectivity index (χ1n) is 7.39. The van der Waals surface area contributed by atoms with Crippen molar-refractivity contribution in [1.82, 2.24) is 4.90 Å². The van der Waals surface area contributed by atoms with Crippen LogP contribution in [0.15, 0.2) is 18.2 Å². The standard InChI is InChI=1S/C16H21FN2O2S/c1-22-10-12-8-11(5-6-14(12)17)16(21)19-7-3-2-4-13(19)9-15(18)20/h5-6,8,13H,2-4,7,9-10H2,1H3,(H2,18,20)/t13-/m1/s1. The normalized spacial score (nSPS) is 18.3. The van der Waals surface area contributed by atoms with Gasteiger partial charge in [-0.25, -0.2) is 4.39 Å². The van der Waals surface area contributed by atoms with Crippen molar-refractivity contribution >= 4 is 23.6 Å². The molecular weight excluding hydrogens is 303 g/mol. The number of benzene rings is 1. The Kier molecular flexibility index (Phi) is 5.83. The summed E-state index contributed by atoms with van der Waals surface area (Å²) in [6.45, 7) is 0.617. The van der Waals surface area contributed by atoms with Gasteiger partial charge < -0.3 is 10.6 Å². The number of hydrogen-bond acceptors (Lipinski definition) is 3. The largest absolute Gasteiger partial charge is 0.370 e. The Morgan fingerprint density at radius 3 is 2.86 bits per heavy atom. The highest BCUT2D eigenvalue weighted by Crippen LogP contribution is 2.23. The van der Waals surface area contributed by atoms with Crippen LogP contribution < -0.4 is 5.73 Å². The molecule has 1 aromatic rings. The summed E-state index contributed by atoms with van der Waals surface area (Å²) in [5.74, 6) is -0.309. The minimum absolute atomic E-state index is 0.145. The molecule has 0 aromatic heterocycles. The summed E-state index contributed by atoms with van der Waals surface area (Å²) in [6.07, 6.45) is 4.77. The summed E-state index contributed by atoms with van der Waals surface area (Å²) in [4.78, 5) is 25.6. The molecule has 0 bridgehead atoms. The Bertz CT molecular complexity index is 565. The maximum atomic E-state index is 13.7.